The van der Waals surface area contributed by atoms with Crippen LogP contribution in [-0.4, -0.2) is 11.9 Å². The van der Waals surface area contributed by atoms with Gasteiger partial charge in [-0.1, -0.05) is 71.7 Å². The fourth-order valence-electron chi connectivity index (χ4n) is 2.74. The van der Waals surface area contributed by atoms with E-state index in [0.717, 1.165) is 21.5 Å². The molecule has 0 spiro atoms. The van der Waals surface area contributed by atoms with Crippen LogP contribution in [0.4, 0.5) is 0 Å². The van der Waals surface area contributed by atoms with Crippen molar-refractivity contribution in [3.05, 3.63) is 94.0 Å². The Balaban J connectivity index is 0.000000200. The van der Waals surface area contributed by atoms with E-state index < -0.39 is 11.9 Å². The van der Waals surface area contributed by atoms with E-state index in [2.05, 4.69) is 0 Å². The molecule has 0 saturated carbocycles. The second kappa shape index (κ2) is 10.0. The number of carbonyl (C=O) groups excluding carboxylic acids is 2. The quantitative estimate of drug-likeness (QED) is 0.375. The summed E-state index contributed by atoms with van der Waals surface area (Å²) in [6.45, 7) is 0. The van der Waals surface area contributed by atoms with E-state index in [1.807, 2.05) is 48.5 Å². The summed E-state index contributed by atoms with van der Waals surface area (Å²) in [6.07, 6.45) is 0. The molecule has 0 fully saturated rings. The van der Waals surface area contributed by atoms with E-state index in [-0.39, 0.29) is 48.5 Å². The maximum atomic E-state index is 10.7. The molecule has 0 atom stereocenters. The van der Waals surface area contributed by atoms with Crippen LogP contribution in [0.2, 0.25) is 10.0 Å². The van der Waals surface area contributed by atoms with Gasteiger partial charge >= 0.3 is 27.3 Å². The van der Waals surface area contributed by atoms with Crippen molar-refractivity contribution in [2.45, 2.75) is 0 Å². The maximum Gasteiger partial charge on any atom is 2.00 e. The summed E-state index contributed by atoms with van der Waals surface area (Å²) >= 11 is 11.6. The number of carboxylic acid groups (broad SMARTS) is 2. The van der Waals surface area contributed by atoms with Crippen LogP contribution in [0.3, 0.4) is 0 Å². The van der Waals surface area contributed by atoms with Crippen molar-refractivity contribution in [1.29, 1.82) is 0 Å². The summed E-state index contributed by atoms with van der Waals surface area (Å²) in [5.41, 5.74) is 0.0655. The maximum absolute atomic E-state index is 10.7. The molecular formula is C22H12CdCl2O4. The number of carboxylic acids is 2. The van der Waals surface area contributed by atoms with Gasteiger partial charge in [0.05, 0.1) is 22.0 Å². The molecule has 0 N–H and O–H groups in total. The Kier molecular flexibility index (Phi) is 8.01. The number of fused-ring (bicyclic) bond motifs is 2. The molecule has 0 aliphatic rings. The molecule has 4 rings (SSSR count). The Morgan fingerprint density at radius 1 is 0.586 bits per heavy atom. The van der Waals surface area contributed by atoms with Crippen LogP contribution in [0.5, 0.6) is 0 Å². The summed E-state index contributed by atoms with van der Waals surface area (Å²) in [7, 11) is 0. The zero-order chi connectivity index (χ0) is 20.3. The second-order valence-electron chi connectivity index (χ2n) is 5.93. The van der Waals surface area contributed by atoms with Crippen molar-refractivity contribution in [2.75, 3.05) is 0 Å². The monoisotopic (exact) mass is 524 g/mol. The normalized spacial score (nSPS) is 10.0. The number of hydrogen-bond acceptors (Lipinski definition) is 4. The van der Waals surface area contributed by atoms with Crippen LogP contribution in [0, 0.1) is 0 Å². The summed E-state index contributed by atoms with van der Waals surface area (Å²) in [5, 5.41) is 25.3. The fourth-order valence-corrected chi connectivity index (χ4v) is 3.24. The molecule has 0 aliphatic carbocycles. The van der Waals surface area contributed by atoms with Crippen molar-refractivity contribution in [1.82, 2.24) is 0 Å². The van der Waals surface area contributed by atoms with Gasteiger partial charge in [-0.3, -0.25) is 0 Å². The molecular weight excluding hydrogens is 512 g/mol. The van der Waals surface area contributed by atoms with Crippen molar-refractivity contribution < 1.29 is 47.1 Å². The molecule has 0 radical (unpaired) electrons. The van der Waals surface area contributed by atoms with Crippen molar-refractivity contribution in [3.63, 3.8) is 0 Å². The van der Waals surface area contributed by atoms with E-state index in [0.29, 0.717) is 0 Å². The summed E-state index contributed by atoms with van der Waals surface area (Å²) < 4.78 is 0. The Bertz CT molecular complexity index is 1110. The molecule has 7 heteroatoms. The Morgan fingerprint density at radius 2 is 0.862 bits per heavy atom. The van der Waals surface area contributed by atoms with E-state index in [1.54, 1.807) is 12.1 Å². The van der Waals surface area contributed by atoms with Gasteiger partial charge in [-0.15, -0.1) is 0 Å². The molecule has 4 nitrogen and oxygen atoms in total. The van der Waals surface area contributed by atoms with Gasteiger partial charge in [0.2, 0.25) is 0 Å². The first kappa shape index (κ1) is 23.1. The number of rotatable bonds is 2. The van der Waals surface area contributed by atoms with Gasteiger partial charge in [-0.25, -0.2) is 0 Å². The van der Waals surface area contributed by atoms with Crippen LogP contribution < -0.4 is 10.2 Å². The zero-order valence-electron chi connectivity index (χ0n) is 15.0. The molecule has 0 amide bonds. The molecule has 4 aromatic carbocycles. The standard InChI is InChI=1S/2C11H7ClO2.Cd/c2*12-10-6-8-4-2-1-3-7(8)5-9(10)11(13)14;/h2*1-6H,(H,13,14);/q;;+2/p-2. The first-order valence-corrected chi connectivity index (χ1v) is 8.91. The van der Waals surface area contributed by atoms with Crippen molar-refractivity contribution >= 4 is 56.7 Å². The predicted molar refractivity (Wildman–Crippen MR) is 107 cm³/mol. The number of carbonyl (C=O) groups is 2. The van der Waals surface area contributed by atoms with Crippen LogP contribution in [-0.2, 0) is 27.3 Å². The first-order valence-electron chi connectivity index (χ1n) is 8.16. The molecule has 0 aromatic heterocycles. The summed E-state index contributed by atoms with van der Waals surface area (Å²) in [5.74, 6) is -2.50. The predicted octanol–water partition coefficient (Wildman–Crippen LogP) is 3.71. The van der Waals surface area contributed by atoms with Crippen LogP contribution in [0.15, 0.2) is 72.8 Å². The fraction of sp³-hybridized carbons (Fsp3) is 0. The molecule has 0 bridgehead atoms. The van der Waals surface area contributed by atoms with Gasteiger partial charge in [0.15, 0.2) is 0 Å². The average Bonchev–Trinajstić information content (AvgIpc) is 2.67. The number of aromatic carboxylic acids is 2. The van der Waals surface area contributed by atoms with Crippen molar-refractivity contribution in [3.8, 4) is 0 Å². The van der Waals surface area contributed by atoms with Gasteiger partial charge < -0.3 is 19.8 Å². The number of hydrogen-bond donors (Lipinski definition) is 0. The SMILES string of the molecule is O=C([O-])c1cc2ccccc2cc1Cl.O=C([O-])c1cc2ccccc2cc1Cl.[Cd+2]. The second-order valence-corrected chi connectivity index (χ2v) is 6.75. The van der Waals surface area contributed by atoms with E-state index in [4.69, 9.17) is 23.2 Å². The minimum Gasteiger partial charge on any atom is -0.545 e. The molecule has 29 heavy (non-hydrogen) atoms. The third-order valence-corrected chi connectivity index (χ3v) is 4.74. The van der Waals surface area contributed by atoms with Gasteiger partial charge in [0, 0.05) is 11.1 Å². The Labute approximate surface area is 196 Å². The van der Waals surface area contributed by atoms with Gasteiger partial charge in [0.1, 0.15) is 0 Å². The molecule has 0 heterocycles. The van der Waals surface area contributed by atoms with Crippen LogP contribution in [0.1, 0.15) is 20.7 Å². The number of benzene rings is 4. The summed E-state index contributed by atoms with van der Waals surface area (Å²) in [6, 6.07) is 21.1. The van der Waals surface area contributed by atoms with Gasteiger partial charge in [-0.2, -0.15) is 0 Å². The molecule has 4 aromatic rings. The van der Waals surface area contributed by atoms with Crippen molar-refractivity contribution in [2.24, 2.45) is 0 Å². The molecule has 0 aliphatic heterocycles. The third-order valence-electron chi connectivity index (χ3n) is 4.11. The minimum atomic E-state index is -1.25. The zero-order valence-corrected chi connectivity index (χ0v) is 20.6. The smallest absolute Gasteiger partial charge is 0.545 e. The third kappa shape index (κ3) is 5.47. The minimum absolute atomic E-state index is 0. The topological polar surface area (TPSA) is 80.3 Å². The largest absolute Gasteiger partial charge is 2.00 e. The van der Waals surface area contributed by atoms with Gasteiger partial charge in [-0.05, 0) is 45.8 Å². The van der Waals surface area contributed by atoms with E-state index >= 15 is 0 Å². The Hall–Kier alpha value is -2.16. The molecule has 0 saturated heterocycles. The van der Waals surface area contributed by atoms with Gasteiger partial charge in [0.25, 0.3) is 0 Å². The van der Waals surface area contributed by atoms with Crippen LogP contribution in [0.25, 0.3) is 21.5 Å². The average molecular weight is 524 g/mol. The Morgan fingerprint density at radius 3 is 1.14 bits per heavy atom. The van der Waals surface area contributed by atoms with E-state index in [1.165, 1.54) is 12.1 Å². The molecule has 140 valence electrons. The summed E-state index contributed by atoms with van der Waals surface area (Å²) in [4.78, 5) is 21.3. The molecule has 0 unspecified atom stereocenters. The van der Waals surface area contributed by atoms with E-state index in [9.17, 15) is 19.8 Å². The van der Waals surface area contributed by atoms with Crippen LogP contribution >= 0.6 is 23.2 Å². The number of halogens is 2. The first-order chi connectivity index (χ1) is 13.4.